The summed E-state index contributed by atoms with van der Waals surface area (Å²) in [6.07, 6.45) is 0.823. The zero-order valence-electron chi connectivity index (χ0n) is 15.6. The zero-order valence-corrected chi connectivity index (χ0v) is 15.6. The van der Waals surface area contributed by atoms with E-state index >= 15 is 0 Å². The Labute approximate surface area is 159 Å². The van der Waals surface area contributed by atoms with Crippen molar-refractivity contribution >= 4 is 0 Å². The summed E-state index contributed by atoms with van der Waals surface area (Å²) in [6.45, 7) is 5.56. The fourth-order valence-corrected chi connectivity index (χ4v) is 3.49. The quantitative estimate of drug-likeness (QED) is 0.626. The molecule has 0 aliphatic carbocycles. The first kappa shape index (κ1) is 19.9. The summed E-state index contributed by atoms with van der Waals surface area (Å²) >= 11 is 0. The lowest BCUT2D eigenvalue weighted by Crippen LogP contribution is -2.22. The monoisotopic (exact) mass is 376 g/mol. The molecule has 2 aromatic rings. The maximum atomic E-state index is 12.6. The van der Waals surface area contributed by atoms with E-state index in [0.29, 0.717) is 0 Å². The first-order valence-corrected chi connectivity index (χ1v) is 9.72. The predicted molar refractivity (Wildman–Crippen MR) is 103 cm³/mol. The van der Waals surface area contributed by atoms with Crippen LogP contribution in [0.25, 0.3) is 11.1 Å². The number of nitrogens with one attached hydrogen (secondary N) is 1. The van der Waals surface area contributed by atoms with E-state index in [-0.39, 0.29) is 0 Å². The molecular formula is C22H27F3N2. The number of nitrogens with zero attached hydrogens (tertiary/aromatic N) is 1. The van der Waals surface area contributed by atoms with Crippen molar-refractivity contribution in [2.24, 2.45) is 0 Å². The molecule has 1 fully saturated rings. The second kappa shape index (κ2) is 9.38. The number of hydrogen-bond donors (Lipinski definition) is 1. The molecule has 0 aromatic heterocycles. The van der Waals surface area contributed by atoms with Crippen LogP contribution < -0.4 is 5.32 Å². The van der Waals surface area contributed by atoms with E-state index in [1.165, 1.54) is 63.0 Å². The van der Waals surface area contributed by atoms with Gasteiger partial charge in [-0.3, -0.25) is 0 Å². The smallest absolute Gasteiger partial charge is 0.313 e. The number of rotatable bonds is 8. The third-order valence-corrected chi connectivity index (χ3v) is 5.11. The molecule has 1 aliphatic rings. The van der Waals surface area contributed by atoms with Crippen LogP contribution in [0.1, 0.15) is 36.8 Å². The van der Waals surface area contributed by atoms with Gasteiger partial charge in [-0.25, -0.2) is 0 Å². The summed E-state index contributed by atoms with van der Waals surface area (Å²) < 4.78 is 37.9. The number of alkyl halides is 3. The topological polar surface area (TPSA) is 15.3 Å². The van der Waals surface area contributed by atoms with Crippen molar-refractivity contribution in [3.63, 3.8) is 0 Å². The van der Waals surface area contributed by atoms with Crippen molar-refractivity contribution in [2.45, 2.75) is 38.4 Å². The van der Waals surface area contributed by atoms with E-state index in [2.05, 4.69) is 10.2 Å². The first-order valence-electron chi connectivity index (χ1n) is 9.72. The van der Waals surface area contributed by atoms with E-state index < -0.39 is 11.7 Å². The molecule has 2 nitrogen and oxygen atoms in total. The fourth-order valence-electron chi connectivity index (χ4n) is 3.49. The van der Waals surface area contributed by atoms with Crippen molar-refractivity contribution in [3.8, 4) is 11.1 Å². The third kappa shape index (κ3) is 6.08. The van der Waals surface area contributed by atoms with Gasteiger partial charge in [-0.15, -0.1) is 0 Å². The SMILES string of the molecule is FC(F)(F)c1ccc(-c2ccc(CNCCCCN3CCCC3)cc2)cc1. The van der Waals surface area contributed by atoms with E-state index in [9.17, 15) is 13.2 Å². The highest BCUT2D eigenvalue weighted by molar-refractivity contribution is 5.64. The third-order valence-electron chi connectivity index (χ3n) is 5.11. The highest BCUT2D eigenvalue weighted by atomic mass is 19.4. The largest absolute Gasteiger partial charge is 0.416 e. The Morgan fingerprint density at radius 1 is 0.815 bits per heavy atom. The number of hydrogen-bond acceptors (Lipinski definition) is 2. The lowest BCUT2D eigenvalue weighted by Gasteiger charge is -2.14. The van der Waals surface area contributed by atoms with Crippen LogP contribution in [0.3, 0.4) is 0 Å². The lowest BCUT2D eigenvalue weighted by molar-refractivity contribution is -0.137. The molecule has 3 rings (SSSR count). The molecule has 0 atom stereocenters. The summed E-state index contributed by atoms with van der Waals surface area (Å²) in [6, 6.07) is 13.3. The van der Waals surface area contributed by atoms with Crippen LogP contribution in [0.4, 0.5) is 13.2 Å². The molecule has 0 amide bonds. The maximum Gasteiger partial charge on any atom is 0.416 e. The molecule has 0 saturated carbocycles. The number of unbranched alkanes of at least 4 members (excludes halogenated alkanes) is 1. The van der Waals surface area contributed by atoms with Crippen LogP contribution in [0.15, 0.2) is 48.5 Å². The van der Waals surface area contributed by atoms with Gasteiger partial charge in [0.15, 0.2) is 0 Å². The minimum atomic E-state index is -4.29. The van der Waals surface area contributed by atoms with Crippen molar-refractivity contribution in [1.29, 1.82) is 0 Å². The molecule has 0 unspecified atom stereocenters. The summed E-state index contributed by atoms with van der Waals surface area (Å²) in [5.74, 6) is 0. The summed E-state index contributed by atoms with van der Waals surface area (Å²) in [7, 11) is 0. The summed E-state index contributed by atoms with van der Waals surface area (Å²) in [4.78, 5) is 2.54. The minimum absolute atomic E-state index is 0.614. The van der Waals surface area contributed by atoms with Gasteiger partial charge >= 0.3 is 6.18 Å². The number of halogens is 3. The van der Waals surface area contributed by atoms with Crippen LogP contribution in [0.5, 0.6) is 0 Å². The second-order valence-electron chi connectivity index (χ2n) is 7.20. The Hall–Kier alpha value is -1.85. The lowest BCUT2D eigenvalue weighted by atomic mass is 10.0. The number of benzene rings is 2. The van der Waals surface area contributed by atoms with Crippen LogP contribution in [0.2, 0.25) is 0 Å². The average molecular weight is 376 g/mol. The van der Waals surface area contributed by atoms with Crippen molar-refractivity contribution in [2.75, 3.05) is 26.2 Å². The molecule has 0 spiro atoms. The fraction of sp³-hybridized carbons (Fsp3) is 0.455. The molecule has 1 heterocycles. The van der Waals surface area contributed by atoms with Crippen LogP contribution in [0, 0.1) is 0 Å². The van der Waals surface area contributed by atoms with E-state index in [1.54, 1.807) is 0 Å². The van der Waals surface area contributed by atoms with Gasteiger partial charge in [-0.05, 0) is 80.7 Å². The van der Waals surface area contributed by atoms with E-state index in [1.807, 2.05) is 24.3 Å². The Kier molecular flexibility index (Phi) is 6.91. The van der Waals surface area contributed by atoms with Crippen LogP contribution >= 0.6 is 0 Å². The second-order valence-corrected chi connectivity index (χ2v) is 7.20. The molecule has 5 heteroatoms. The van der Waals surface area contributed by atoms with Gasteiger partial charge in [-0.2, -0.15) is 13.2 Å². The molecular weight excluding hydrogens is 349 g/mol. The van der Waals surface area contributed by atoms with Gasteiger partial charge in [0.2, 0.25) is 0 Å². The molecule has 1 aliphatic heterocycles. The highest BCUT2D eigenvalue weighted by Gasteiger charge is 2.29. The van der Waals surface area contributed by atoms with Crippen LogP contribution in [-0.2, 0) is 12.7 Å². The Bertz CT molecular complexity index is 687. The maximum absolute atomic E-state index is 12.6. The molecule has 1 N–H and O–H groups in total. The molecule has 0 radical (unpaired) electrons. The number of likely N-dealkylation sites (tertiary alicyclic amines) is 1. The van der Waals surface area contributed by atoms with E-state index in [0.717, 1.165) is 36.3 Å². The van der Waals surface area contributed by atoms with Gasteiger partial charge in [0.1, 0.15) is 0 Å². The molecule has 146 valence electrons. The first-order chi connectivity index (χ1) is 13.0. The van der Waals surface area contributed by atoms with Crippen LogP contribution in [-0.4, -0.2) is 31.1 Å². The minimum Gasteiger partial charge on any atom is -0.313 e. The Morgan fingerprint density at radius 2 is 1.41 bits per heavy atom. The van der Waals surface area contributed by atoms with Gasteiger partial charge in [-0.1, -0.05) is 36.4 Å². The summed E-state index contributed by atoms with van der Waals surface area (Å²) in [5.41, 5.74) is 2.30. The van der Waals surface area contributed by atoms with Gasteiger partial charge in [0.05, 0.1) is 5.56 Å². The Balaban J connectivity index is 1.40. The standard InChI is InChI=1S/C22H27F3N2/c23-22(24,25)21-11-9-20(10-12-21)19-7-5-18(6-8-19)17-26-13-1-2-14-27-15-3-4-16-27/h5-12,26H,1-4,13-17H2. The van der Waals surface area contributed by atoms with E-state index in [4.69, 9.17) is 0 Å². The molecule has 27 heavy (non-hydrogen) atoms. The molecule has 1 saturated heterocycles. The normalized spacial score (nSPS) is 15.4. The van der Waals surface area contributed by atoms with Crippen molar-refractivity contribution in [3.05, 3.63) is 59.7 Å². The Morgan fingerprint density at radius 3 is 2.00 bits per heavy atom. The summed E-state index contributed by atoms with van der Waals surface area (Å²) in [5, 5.41) is 3.47. The van der Waals surface area contributed by atoms with Crippen molar-refractivity contribution in [1.82, 2.24) is 10.2 Å². The van der Waals surface area contributed by atoms with Gasteiger partial charge in [0.25, 0.3) is 0 Å². The highest BCUT2D eigenvalue weighted by Crippen LogP contribution is 2.31. The molecule has 2 aromatic carbocycles. The molecule has 0 bridgehead atoms. The average Bonchev–Trinajstić information content (AvgIpc) is 3.18. The van der Waals surface area contributed by atoms with Gasteiger partial charge < -0.3 is 10.2 Å². The predicted octanol–water partition coefficient (Wildman–Crippen LogP) is 5.34. The zero-order chi connectivity index (χ0) is 19.1. The van der Waals surface area contributed by atoms with Gasteiger partial charge in [0, 0.05) is 6.54 Å². The van der Waals surface area contributed by atoms with Crippen molar-refractivity contribution < 1.29 is 13.2 Å².